The van der Waals surface area contributed by atoms with Crippen LogP contribution in [0.4, 0.5) is 0 Å². The molecule has 166 valence electrons. The van der Waals surface area contributed by atoms with Crippen LogP contribution < -0.4 is 14.8 Å². The zero-order chi connectivity index (χ0) is 21.9. The Morgan fingerprint density at radius 2 is 1.52 bits per heavy atom. The van der Waals surface area contributed by atoms with Crippen LogP contribution in [-0.4, -0.2) is 40.3 Å². The third kappa shape index (κ3) is 7.06. The molecule has 0 aromatic heterocycles. The van der Waals surface area contributed by atoms with Gasteiger partial charge in [0.25, 0.3) is 0 Å². The van der Waals surface area contributed by atoms with E-state index in [4.69, 9.17) is 9.47 Å². The SMILES string of the molecule is CCNC[C@@H](O)c1c(OC(=O)C(C)(C)C)cc(O)c(O)c1OC(=O)C(C)(C)C.Cl. The van der Waals surface area contributed by atoms with Crippen LogP contribution in [0, 0.1) is 10.8 Å². The van der Waals surface area contributed by atoms with Gasteiger partial charge in [-0.15, -0.1) is 12.4 Å². The number of carbonyl (C=O) groups is 2. The highest BCUT2D eigenvalue weighted by molar-refractivity contribution is 5.85. The van der Waals surface area contributed by atoms with E-state index in [0.717, 1.165) is 6.07 Å². The molecule has 0 amide bonds. The van der Waals surface area contributed by atoms with Gasteiger partial charge < -0.3 is 30.1 Å². The van der Waals surface area contributed by atoms with Crippen LogP contribution in [-0.2, 0) is 9.59 Å². The minimum atomic E-state index is -1.28. The van der Waals surface area contributed by atoms with Crippen LogP contribution >= 0.6 is 12.4 Å². The lowest BCUT2D eigenvalue weighted by Gasteiger charge is -2.24. The molecule has 9 heteroatoms. The molecule has 0 heterocycles. The van der Waals surface area contributed by atoms with Crippen LogP contribution in [0.5, 0.6) is 23.0 Å². The highest BCUT2D eigenvalue weighted by atomic mass is 35.5. The summed E-state index contributed by atoms with van der Waals surface area (Å²) in [6.45, 7) is 12.2. The van der Waals surface area contributed by atoms with Gasteiger partial charge in [0.15, 0.2) is 11.5 Å². The number of ether oxygens (including phenoxy) is 2. The van der Waals surface area contributed by atoms with Crippen LogP contribution in [0.25, 0.3) is 0 Å². The minimum Gasteiger partial charge on any atom is -0.504 e. The topological polar surface area (TPSA) is 125 Å². The summed E-state index contributed by atoms with van der Waals surface area (Å²) in [4.78, 5) is 24.7. The highest BCUT2D eigenvalue weighted by Crippen LogP contribution is 2.47. The van der Waals surface area contributed by atoms with Gasteiger partial charge in [-0.05, 0) is 48.1 Å². The maximum Gasteiger partial charge on any atom is 0.316 e. The number of esters is 2. The summed E-state index contributed by atoms with van der Waals surface area (Å²) < 4.78 is 10.7. The van der Waals surface area contributed by atoms with Gasteiger partial charge in [-0.3, -0.25) is 9.59 Å². The van der Waals surface area contributed by atoms with Crippen molar-refractivity contribution in [1.29, 1.82) is 0 Å². The first-order valence-electron chi connectivity index (χ1n) is 9.12. The zero-order valence-electron chi connectivity index (χ0n) is 18.0. The summed E-state index contributed by atoms with van der Waals surface area (Å²) in [5.41, 5.74) is -1.88. The van der Waals surface area contributed by atoms with E-state index in [0.29, 0.717) is 6.54 Å². The Labute approximate surface area is 177 Å². The Kier molecular flexibility index (Phi) is 9.43. The first-order chi connectivity index (χ1) is 12.7. The summed E-state index contributed by atoms with van der Waals surface area (Å²) in [6, 6.07) is 1.01. The van der Waals surface area contributed by atoms with Gasteiger partial charge in [-0.25, -0.2) is 0 Å². The number of aliphatic hydroxyl groups is 1. The zero-order valence-corrected chi connectivity index (χ0v) is 18.8. The van der Waals surface area contributed by atoms with Crippen molar-refractivity contribution in [2.75, 3.05) is 13.1 Å². The maximum absolute atomic E-state index is 12.4. The van der Waals surface area contributed by atoms with Crippen molar-refractivity contribution in [3.05, 3.63) is 11.6 Å². The molecule has 0 saturated heterocycles. The van der Waals surface area contributed by atoms with E-state index in [2.05, 4.69) is 5.32 Å². The normalized spacial score (nSPS) is 12.7. The minimum absolute atomic E-state index is 0. The fourth-order valence-corrected chi connectivity index (χ4v) is 2.01. The first-order valence-corrected chi connectivity index (χ1v) is 9.12. The van der Waals surface area contributed by atoms with Gasteiger partial charge in [0.2, 0.25) is 5.75 Å². The summed E-state index contributed by atoms with van der Waals surface area (Å²) in [6.07, 6.45) is -1.28. The number of aliphatic hydroxyl groups excluding tert-OH is 1. The number of phenols is 2. The molecule has 0 saturated carbocycles. The second-order valence-electron chi connectivity index (χ2n) is 8.59. The van der Waals surface area contributed by atoms with E-state index in [1.807, 2.05) is 6.92 Å². The van der Waals surface area contributed by atoms with Crippen molar-refractivity contribution in [3.63, 3.8) is 0 Å². The third-order valence-corrected chi connectivity index (χ3v) is 3.78. The van der Waals surface area contributed by atoms with Crippen LogP contribution in [0.3, 0.4) is 0 Å². The third-order valence-electron chi connectivity index (χ3n) is 3.78. The van der Waals surface area contributed by atoms with Crippen LogP contribution in [0.1, 0.15) is 60.1 Å². The largest absolute Gasteiger partial charge is 0.504 e. The Morgan fingerprint density at radius 3 is 1.97 bits per heavy atom. The Morgan fingerprint density at radius 1 is 1.03 bits per heavy atom. The summed E-state index contributed by atoms with van der Waals surface area (Å²) in [5.74, 6) is -3.33. The molecular formula is C20H32ClNO7. The van der Waals surface area contributed by atoms with E-state index in [9.17, 15) is 24.9 Å². The van der Waals surface area contributed by atoms with Crippen LogP contribution in [0.2, 0.25) is 0 Å². The molecule has 0 spiro atoms. The van der Waals surface area contributed by atoms with Crippen molar-refractivity contribution in [1.82, 2.24) is 5.32 Å². The van der Waals surface area contributed by atoms with Gasteiger partial charge in [0.05, 0.1) is 22.5 Å². The number of rotatable bonds is 6. The number of nitrogens with one attached hydrogen (secondary N) is 1. The molecule has 1 aromatic carbocycles. The van der Waals surface area contributed by atoms with Gasteiger partial charge in [0, 0.05) is 12.6 Å². The number of carbonyl (C=O) groups excluding carboxylic acids is 2. The van der Waals surface area contributed by atoms with Crippen molar-refractivity contribution < 1.29 is 34.4 Å². The predicted octanol–water partition coefficient (Wildman–Crippen LogP) is 3.07. The fourth-order valence-electron chi connectivity index (χ4n) is 2.01. The van der Waals surface area contributed by atoms with E-state index >= 15 is 0 Å². The quantitative estimate of drug-likeness (QED) is 0.306. The van der Waals surface area contributed by atoms with Crippen molar-refractivity contribution in [3.8, 4) is 23.0 Å². The Hall–Kier alpha value is -2.03. The predicted molar refractivity (Wildman–Crippen MR) is 111 cm³/mol. The lowest BCUT2D eigenvalue weighted by molar-refractivity contribution is -0.143. The van der Waals surface area contributed by atoms with E-state index < -0.39 is 46.1 Å². The standard InChI is InChI=1S/C20H31NO7.ClH/c1-8-21-10-12(23)14-13(27-17(25)19(2,3)4)9-11(22)15(24)16(14)28-18(26)20(5,6)7;/h9,12,21-24H,8,10H2,1-7H3;1H/t12-;/m1./s1. The molecule has 0 aliphatic carbocycles. The molecular weight excluding hydrogens is 402 g/mol. The number of benzene rings is 1. The molecule has 4 N–H and O–H groups in total. The van der Waals surface area contributed by atoms with Gasteiger partial charge in [-0.1, -0.05) is 6.92 Å². The number of likely N-dealkylation sites (N-methyl/N-ethyl adjacent to an activating group) is 1. The van der Waals surface area contributed by atoms with E-state index in [-0.39, 0.29) is 30.3 Å². The molecule has 8 nitrogen and oxygen atoms in total. The van der Waals surface area contributed by atoms with Gasteiger partial charge in [-0.2, -0.15) is 0 Å². The van der Waals surface area contributed by atoms with Crippen LogP contribution in [0.15, 0.2) is 6.07 Å². The van der Waals surface area contributed by atoms with E-state index in [1.54, 1.807) is 41.5 Å². The fraction of sp³-hybridized carbons (Fsp3) is 0.600. The number of halogens is 1. The van der Waals surface area contributed by atoms with E-state index in [1.165, 1.54) is 0 Å². The summed E-state index contributed by atoms with van der Waals surface area (Å²) in [5, 5.41) is 33.9. The molecule has 0 unspecified atom stereocenters. The smallest absolute Gasteiger partial charge is 0.316 e. The number of hydrogen-bond donors (Lipinski definition) is 4. The average molecular weight is 434 g/mol. The monoisotopic (exact) mass is 433 g/mol. The highest BCUT2D eigenvalue weighted by Gasteiger charge is 2.33. The molecule has 0 radical (unpaired) electrons. The first kappa shape index (κ1) is 27.0. The van der Waals surface area contributed by atoms with Crippen molar-refractivity contribution in [2.24, 2.45) is 10.8 Å². The maximum atomic E-state index is 12.4. The number of phenolic OH excluding ortho intramolecular Hbond substituents is 2. The molecule has 0 bridgehead atoms. The van der Waals surface area contributed by atoms with Gasteiger partial charge >= 0.3 is 11.9 Å². The van der Waals surface area contributed by atoms with Crippen molar-refractivity contribution >= 4 is 24.3 Å². The second kappa shape index (κ2) is 10.1. The molecule has 0 aliphatic heterocycles. The summed E-state index contributed by atoms with van der Waals surface area (Å²) in [7, 11) is 0. The second-order valence-corrected chi connectivity index (χ2v) is 8.59. The molecule has 1 atom stereocenters. The Bertz CT molecular complexity index is 736. The molecule has 1 aromatic rings. The van der Waals surface area contributed by atoms with Crippen molar-refractivity contribution in [2.45, 2.75) is 54.6 Å². The van der Waals surface area contributed by atoms with Gasteiger partial charge in [0.1, 0.15) is 5.75 Å². The lowest BCUT2D eigenvalue weighted by Crippen LogP contribution is -2.29. The summed E-state index contributed by atoms with van der Waals surface area (Å²) >= 11 is 0. The molecule has 0 fully saturated rings. The Balaban J connectivity index is 0.00000784. The lowest BCUT2D eigenvalue weighted by atomic mass is 9.96. The average Bonchev–Trinajstić information content (AvgIpc) is 2.55. The molecule has 0 aliphatic rings. The number of aromatic hydroxyl groups is 2. The molecule has 1 rings (SSSR count). The molecule has 29 heavy (non-hydrogen) atoms. The number of hydrogen-bond acceptors (Lipinski definition) is 8.